The van der Waals surface area contributed by atoms with Gasteiger partial charge >= 0.3 is 0 Å². The van der Waals surface area contributed by atoms with Gasteiger partial charge in [-0.1, -0.05) is 12.6 Å². The molecular formula is C15H17BrN2O3. The van der Waals surface area contributed by atoms with Gasteiger partial charge in [0.2, 0.25) is 11.8 Å². The lowest BCUT2D eigenvalue weighted by Crippen LogP contribution is -2.40. The van der Waals surface area contributed by atoms with Crippen LogP contribution in [0.1, 0.15) is 12.8 Å². The number of nitrogens with one attached hydrogen (secondary N) is 1. The molecular weight excluding hydrogens is 336 g/mol. The van der Waals surface area contributed by atoms with Gasteiger partial charge in [0.1, 0.15) is 5.75 Å². The smallest absolute Gasteiger partial charge is 0.245 e. The Morgan fingerprint density at radius 2 is 2.05 bits per heavy atom. The van der Waals surface area contributed by atoms with Gasteiger partial charge in [-0.3, -0.25) is 9.59 Å². The summed E-state index contributed by atoms with van der Waals surface area (Å²) in [5, 5.41) is 12.4. The minimum Gasteiger partial charge on any atom is -0.507 e. The highest BCUT2D eigenvalue weighted by atomic mass is 79.9. The van der Waals surface area contributed by atoms with Crippen molar-refractivity contribution in [1.29, 1.82) is 0 Å². The van der Waals surface area contributed by atoms with E-state index in [4.69, 9.17) is 0 Å². The van der Waals surface area contributed by atoms with Crippen LogP contribution in [0.25, 0.3) is 0 Å². The summed E-state index contributed by atoms with van der Waals surface area (Å²) in [6, 6.07) is 4.93. The van der Waals surface area contributed by atoms with Crippen molar-refractivity contribution in [2.24, 2.45) is 5.92 Å². The lowest BCUT2D eigenvalue weighted by Gasteiger charge is -2.30. The lowest BCUT2D eigenvalue weighted by atomic mass is 9.95. The average Bonchev–Trinajstić information content (AvgIpc) is 2.51. The third kappa shape index (κ3) is 3.64. The van der Waals surface area contributed by atoms with Gasteiger partial charge in [-0.05, 0) is 47.0 Å². The Kier molecular flexibility index (Phi) is 5.01. The van der Waals surface area contributed by atoms with Crippen LogP contribution in [0.2, 0.25) is 0 Å². The van der Waals surface area contributed by atoms with Crippen LogP contribution in [-0.2, 0) is 9.59 Å². The van der Waals surface area contributed by atoms with E-state index in [1.54, 1.807) is 23.1 Å². The summed E-state index contributed by atoms with van der Waals surface area (Å²) in [6.45, 7) is 4.58. The topological polar surface area (TPSA) is 69.6 Å². The first kappa shape index (κ1) is 15.6. The molecule has 1 saturated heterocycles. The molecule has 5 nitrogen and oxygen atoms in total. The number of amides is 2. The van der Waals surface area contributed by atoms with Crippen LogP contribution in [-0.4, -0.2) is 34.9 Å². The van der Waals surface area contributed by atoms with Gasteiger partial charge in [0.05, 0.1) is 10.2 Å². The Balaban J connectivity index is 1.95. The summed E-state index contributed by atoms with van der Waals surface area (Å²) in [7, 11) is 0. The van der Waals surface area contributed by atoms with E-state index in [1.807, 2.05) is 0 Å². The fourth-order valence-electron chi connectivity index (χ4n) is 2.34. The van der Waals surface area contributed by atoms with Gasteiger partial charge in [0.15, 0.2) is 0 Å². The van der Waals surface area contributed by atoms with E-state index in [0.29, 0.717) is 36.1 Å². The second-order valence-electron chi connectivity index (χ2n) is 4.93. The van der Waals surface area contributed by atoms with E-state index in [9.17, 15) is 14.7 Å². The van der Waals surface area contributed by atoms with Gasteiger partial charge in [-0.15, -0.1) is 0 Å². The number of carbonyl (C=O) groups excluding carboxylic acids is 2. The third-order valence-corrected chi connectivity index (χ3v) is 4.42. The standard InChI is InChI=1S/C15H17BrN2O3/c1-2-13(20)18-8-6-10(7-9-18)15(21)17-11-4-3-5-12(19)14(11)16/h2-5,10,19H,1,6-9H2,(H,17,21). The van der Waals surface area contributed by atoms with E-state index in [-0.39, 0.29) is 23.5 Å². The molecule has 0 unspecified atom stereocenters. The zero-order chi connectivity index (χ0) is 15.4. The molecule has 2 rings (SSSR count). The molecule has 1 aromatic carbocycles. The maximum absolute atomic E-state index is 12.2. The molecule has 0 radical (unpaired) electrons. The SMILES string of the molecule is C=CC(=O)N1CCC(C(=O)Nc2cccc(O)c2Br)CC1. The van der Waals surface area contributed by atoms with Crippen LogP contribution in [0.3, 0.4) is 0 Å². The van der Waals surface area contributed by atoms with Crippen molar-refractivity contribution >= 4 is 33.4 Å². The average molecular weight is 353 g/mol. The zero-order valence-electron chi connectivity index (χ0n) is 11.5. The highest BCUT2D eigenvalue weighted by Gasteiger charge is 2.26. The molecule has 0 atom stereocenters. The van der Waals surface area contributed by atoms with Crippen LogP contribution >= 0.6 is 15.9 Å². The molecule has 1 aliphatic rings. The number of anilines is 1. The number of piperidine rings is 1. The monoisotopic (exact) mass is 352 g/mol. The first-order chi connectivity index (χ1) is 10.0. The predicted molar refractivity (Wildman–Crippen MR) is 83.9 cm³/mol. The Bertz CT molecular complexity index is 566. The maximum Gasteiger partial charge on any atom is 0.245 e. The van der Waals surface area contributed by atoms with Gasteiger partial charge in [-0.2, -0.15) is 0 Å². The summed E-state index contributed by atoms with van der Waals surface area (Å²) in [6.07, 6.45) is 2.55. The summed E-state index contributed by atoms with van der Waals surface area (Å²) < 4.78 is 0.470. The number of hydrogen-bond donors (Lipinski definition) is 2. The summed E-state index contributed by atoms with van der Waals surface area (Å²) in [5.74, 6) is -0.233. The Morgan fingerprint density at radius 1 is 1.38 bits per heavy atom. The number of hydrogen-bond acceptors (Lipinski definition) is 3. The predicted octanol–water partition coefficient (Wildman–Crippen LogP) is 2.52. The Labute approximate surface area is 131 Å². The number of benzene rings is 1. The van der Waals surface area contributed by atoms with Crippen molar-refractivity contribution in [2.45, 2.75) is 12.8 Å². The molecule has 2 amide bonds. The highest BCUT2D eigenvalue weighted by Crippen LogP contribution is 2.32. The molecule has 2 N–H and O–H groups in total. The highest BCUT2D eigenvalue weighted by molar-refractivity contribution is 9.10. The second kappa shape index (κ2) is 6.76. The number of aromatic hydroxyl groups is 1. The van der Waals surface area contributed by atoms with E-state index in [1.165, 1.54) is 6.08 Å². The Morgan fingerprint density at radius 3 is 2.67 bits per heavy atom. The van der Waals surface area contributed by atoms with Crippen molar-refractivity contribution in [1.82, 2.24) is 4.90 Å². The fourth-order valence-corrected chi connectivity index (χ4v) is 2.71. The van der Waals surface area contributed by atoms with E-state index < -0.39 is 0 Å². The van der Waals surface area contributed by atoms with Gasteiger partial charge in [0.25, 0.3) is 0 Å². The molecule has 1 heterocycles. The molecule has 112 valence electrons. The normalized spacial score (nSPS) is 15.6. The molecule has 0 aromatic heterocycles. The largest absolute Gasteiger partial charge is 0.507 e. The number of phenolic OH excluding ortho intramolecular Hbond substituents is 1. The lowest BCUT2D eigenvalue weighted by molar-refractivity contribution is -0.130. The molecule has 0 aliphatic carbocycles. The molecule has 21 heavy (non-hydrogen) atoms. The first-order valence-electron chi connectivity index (χ1n) is 6.72. The van der Waals surface area contributed by atoms with E-state index in [2.05, 4.69) is 27.8 Å². The number of likely N-dealkylation sites (tertiary alicyclic amines) is 1. The van der Waals surface area contributed by atoms with Crippen LogP contribution in [0, 0.1) is 5.92 Å². The minimum atomic E-state index is -0.131. The molecule has 1 aliphatic heterocycles. The summed E-state index contributed by atoms with van der Waals surface area (Å²) >= 11 is 3.24. The zero-order valence-corrected chi connectivity index (χ0v) is 13.1. The first-order valence-corrected chi connectivity index (χ1v) is 7.52. The van der Waals surface area contributed by atoms with Crippen molar-refractivity contribution in [3.05, 3.63) is 35.3 Å². The minimum absolute atomic E-state index is 0.0826. The van der Waals surface area contributed by atoms with Crippen LogP contribution in [0.5, 0.6) is 5.75 Å². The number of nitrogens with zero attached hydrogens (tertiary/aromatic N) is 1. The second-order valence-corrected chi connectivity index (χ2v) is 5.72. The number of carbonyl (C=O) groups is 2. The maximum atomic E-state index is 12.2. The van der Waals surface area contributed by atoms with Crippen LogP contribution < -0.4 is 5.32 Å². The number of rotatable bonds is 3. The van der Waals surface area contributed by atoms with Crippen molar-refractivity contribution < 1.29 is 14.7 Å². The van der Waals surface area contributed by atoms with Crippen molar-refractivity contribution in [2.75, 3.05) is 18.4 Å². The molecule has 1 aromatic rings. The van der Waals surface area contributed by atoms with Gasteiger partial charge in [0, 0.05) is 19.0 Å². The van der Waals surface area contributed by atoms with Crippen LogP contribution in [0.15, 0.2) is 35.3 Å². The van der Waals surface area contributed by atoms with Gasteiger partial charge < -0.3 is 15.3 Å². The summed E-state index contributed by atoms with van der Waals surface area (Å²) in [4.78, 5) is 25.4. The van der Waals surface area contributed by atoms with Crippen molar-refractivity contribution in [3.8, 4) is 5.75 Å². The fraction of sp³-hybridized carbons (Fsp3) is 0.333. The Hall–Kier alpha value is -1.82. The molecule has 0 saturated carbocycles. The molecule has 1 fully saturated rings. The van der Waals surface area contributed by atoms with Crippen LogP contribution in [0.4, 0.5) is 5.69 Å². The third-order valence-electron chi connectivity index (χ3n) is 3.59. The number of halogens is 1. The van der Waals surface area contributed by atoms with Crippen molar-refractivity contribution in [3.63, 3.8) is 0 Å². The molecule has 0 bridgehead atoms. The van der Waals surface area contributed by atoms with E-state index >= 15 is 0 Å². The summed E-state index contributed by atoms with van der Waals surface area (Å²) in [5.41, 5.74) is 0.546. The van der Waals surface area contributed by atoms with E-state index in [0.717, 1.165) is 0 Å². The molecule has 0 spiro atoms. The number of phenols is 1. The quantitative estimate of drug-likeness (QED) is 0.821. The van der Waals surface area contributed by atoms with Gasteiger partial charge in [-0.25, -0.2) is 0 Å². The molecule has 6 heteroatoms.